The summed E-state index contributed by atoms with van der Waals surface area (Å²) in [6, 6.07) is 44.3. The van der Waals surface area contributed by atoms with Crippen LogP contribution >= 0.6 is 34.9 Å². The van der Waals surface area contributed by atoms with Gasteiger partial charge in [-0.15, -0.1) is 0 Å². The molecule has 2 aliphatic carbocycles. The van der Waals surface area contributed by atoms with E-state index >= 15 is 0 Å². The van der Waals surface area contributed by atoms with E-state index in [0.29, 0.717) is 0 Å². The maximum atomic E-state index is 4.81. The Hall–Kier alpha value is -2.06. The summed E-state index contributed by atoms with van der Waals surface area (Å²) in [5, 5.41) is 6.10. The first-order valence-corrected chi connectivity index (χ1v) is 21.9. The molecule has 43 heavy (non-hydrogen) atoms. The maximum absolute atomic E-state index is 4.81. The molecule has 4 aromatic carbocycles. The second-order valence-electron chi connectivity index (χ2n) is 10.4. The second kappa shape index (κ2) is 20.1. The van der Waals surface area contributed by atoms with Gasteiger partial charge in [0.1, 0.15) is 0 Å². The predicted octanol–water partition coefficient (Wildman–Crippen LogP) is 9.63. The van der Waals surface area contributed by atoms with Gasteiger partial charge in [-0.2, -0.15) is 0 Å². The summed E-state index contributed by atoms with van der Waals surface area (Å²) in [6.07, 6.45) is 22.8. The van der Waals surface area contributed by atoms with Gasteiger partial charge < -0.3 is 0 Å². The minimum atomic E-state index is -0.726. The Morgan fingerprint density at radius 2 is 0.605 bits per heavy atom. The Labute approximate surface area is 277 Å². The van der Waals surface area contributed by atoms with Crippen LogP contribution in [-0.4, -0.2) is 11.3 Å². The molecule has 0 fully saturated rings. The van der Waals surface area contributed by atoms with Crippen LogP contribution in [0.5, 0.6) is 0 Å². The molecule has 224 valence electrons. The van der Waals surface area contributed by atoms with Crippen molar-refractivity contribution in [3.05, 3.63) is 170 Å². The van der Waals surface area contributed by atoms with Gasteiger partial charge in [0, 0.05) is 25.7 Å². The van der Waals surface area contributed by atoms with E-state index in [0.717, 1.165) is 11.3 Å². The molecule has 0 unspecified atom stereocenters. The molecule has 0 atom stereocenters. The van der Waals surface area contributed by atoms with Crippen molar-refractivity contribution in [2.45, 2.75) is 37.0 Å². The van der Waals surface area contributed by atoms with E-state index in [-0.39, 0.29) is 15.9 Å². The number of rotatable bonds is 6. The van der Waals surface area contributed by atoms with Crippen LogP contribution in [0.1, 0.15) is 25.7 Å². The van der Waals surface area contributed by atoms with Crippen molar-refractivity contribution in [1.29, 1.82) is 0 Å². The summed E-state index contributed by atoms with van der Waals surface area (Å²) in [6.45, 7) is 0. The quantitative estimate of drug-likeness (QED) is 0.137. The van der Waals surface area contributed by atoms with Gasteiger partial charge in [-0.3, -0.25) is 0 Å². The Kier molecular flexibility index (Phi) is 15.8. The fraction of sp³-hybridized carbons (Fsp3) is 0.158. The molecular formula is C38H40Cl2P2Pd+2. The van der Waals surface area contributed by atoms with Crippen molar-refractivity contribution in [2.24, 2.45) is 0 Å². The summed E-state index contributed by atoms with van der Waals surface area (Å²) in [7, 11) is 8.18. The summed E-state index contributed by atoms with van der Waals surface area (Å²) in [5.41, 5.74) is 1.47. The van der Waals surface area contributed by atoms with E-state index in [1.165, 1.54) is 46.9 Å². The molecule has 0 radical (unpaired) electrons. The third kappa shape index (κ3) is 11.1. The number of halogens is 2. The number of hydrogen-bond acceptors (Lipinski definition) is 0. The molecule has 5 heteroatoms. The van der Waals surface area contributed by atoms with Gasteiger partial charge in [0.25, 0.3) is 0 Å². The normalized spacial score (nSPS) is 14.9. The van der Waals surface area contributed by atoms with Gasteiger partial charge in [0.05, 0.1) is 48.4 Å². The number of benzene rings is 4. The van der Waals surface area contributed by atoms with Crippen LogP contribution < -0.4 is 21.2 Å². The van der Waals surface area contributed by atoms with Gasteiger partial charge in [-0.1, -0.05) is 121 Å². The molecule has 0 heterocycles. The van der Waals surface area contributed by atoms with Crippen LogP contribution in [0.15, 0.2) is 170 Å². The molecule has 0 aromatic heterocycles. The van der Waals surface area contributed by atoms with E-state index in [1.54, 1.807) is 0 Å². The molecule has 0 amide bonds. The molecular weight excluding hydrogens is 696 g/mol. The third-order valence-corrected chi connectivity index (χ3v) is 14.0. The van der Waals surface area contributed by atoms with E-state index in [9.17, 15) is 0 Å². The number of allylic oxidation sites excluding steroid dienone is 8. The third-order valence-electron chi connectivity index (χ3n) is 7.60. The summed E-state index contributed by atoms with van der Waals surface area (Å²) < 4.78 is 0. The van der Waals surface area contributed by atoms with Gasteiger partial charge in [-0.25, -0.2) is 0 Å². The molecule has 0 N–H and O–H groups in total. The molecule has 2 aliphatic rings. The predicted molar refractivity (Wildman–Crippen MR) is 195 cm³/mol. The Morgan fingerprint density at radius 3 is 0.814 bits per heavy atom. The van der Waals surface area contributed by atoms with Crippen molar-refractivity contribution < 1.29 is 15.9 Å². The van der Waals surface area contributed by atoms with Crippen LogP contribution in [0.25, 0.3) is 0 Å². The Morgan fingerprint density at radius 1 is 0.395 bits per heavy atom. The minimum absolute atomic E-state index is 0.106. The fourth-order valence-corrected chi connectivity index (χ4v) is 11.9. The average Bonchev–Trinajstić information content (AvgIpc) is 3.51. The monoisotopic (exact) mass is 734 g/mol. The average molecular weight is 736 g/mol. The van der Waals surface area contributed by atoms with Crippen LogP contribution in [0, 0.1) is 0 Å². The SMILES string of the molecule is C1=CCC([PH+](c2ccccc2)c2ccccc2)CC=C1.C1=CCC([PH+](c2ccccc2)c2ccccc2)CC=C1.[Cl][Pd][Cl]. The van der Waals surface area contributed by atoms with E-state index in [1.807, 2.05) is 0 Å². The summed E-state index contributed by atoms with van der Waals surface area (Å²) >= 11 is -0.106. The van der Waals surface area contributed by atoms with Crippen LogP contribution in [0.4, 0.5) is 0 Å². The van der Waals surface area contributed by atoms with Crippen LogP contribution in [-0.2, 0) is 15.9 Å². The van der Waals surface area contributed by atoms with Gasteiger partial charge in [0.15, 0.2) is 0 Å². The Bertz CT molecular complexity index is 1210. The van der Waals surface area contributed by atoms with E-state index in [2.05, 4.69) is 170 Å². The molecule has 0 saturated carbocycles. The van der Waals surface area contributed by atoms with Gasteiger partial charge >= 0.3 is 35.0 Å². The topological polar surface area (TPSA) is 0 Å². The van der Waals surface area contributed by atoms with Crippen molar-refractivity contribution >= 4 is 56.1 Å². The van der Waals surface area contributed by atoms with Gasteiger partial charge in [-0.05, 0) is 48.5 Å². The fourth-order valence-electron chi connectivity index (χ4n) is 5.70. The van der Waals surface area contributed by atoms with E-state index < -0.39 is 15.8 Å². The molecule has 0 saturated heterocycles. The first-order chi connectivity index (χ1) is 21.3. The first-order valence-electron chi connectivity index (χ1n) is 14.7. The van der Waals surface area contributed by atoms with Crippen molar-refractivity contribution in [3.63, 3.8) is 0 Å². The molecule has 6 rings (SSSR count). The first kappa shape index (κ1) is 33.8. The second-order valence-corrected chi connectivity index (χ2v) is 18.3. The summed E-state index contributed by atoms with van der Waals surface area (Å²) in [5.74, 6) is 0. The van der Waals surface area contributed by atoms with Crippen LogP contribution in [0.3, 0.4) is 0 Å². The van der Waals surface area contributed by atoms with Crippen LogP contribution in [0.2, 0.25) is 0 Å². The Balaban J connectivity index is 0.000000181. The van der Waals surface area contributed by atoms with Gasteiger partial charge in [0.2, 0.25) is 0 Å². The number of hydrogen-bond donors (Lipinski definition) is 0. The zero-order chi connectivity index (χ0) is 30.0. The zero-order valence-electron chi connectivity index (χ0n) is 24.2. The molecule has 0 bridgehead atoms. The molecule has 4 aromatic rings. The molecule has 0 spiro atoms. The van der Waals surface area contributed by atoms with Crippen molar-refractivity contribution in [1.82, 2.24) is 0 Å². The summed E-state index contributed by atoms with van der Waals surface area (Å²) in [4.78, 5) is 0. The zero-order valence-corrected chi connectivity index (χ0v) is 29.3. The standard InChI is InChI=1S/2C19H19P.2ClH.Pd/c2*1-2-6-12-17(11-5-1)20(18-13-7-3-8-14-18)19-15-9-4-10-16-19;;;/h2*1-10,13-17H,11-12H2;2*1H;/q;;;;+2. The van der Waals surface area contributed by atoms with Crippen molar-refractivity contribution in [3.8, 4) is 0 Å². The molecule has 0 nitrogen and oxygen atoms in total. The van der Waals surface area contributed by atoms with Crippen molar-refractivity contribution in [2.75, 3.05) is 0 Å². The van der Waals surface area contributed by atoms with E-state index in [4.69, 9.17) is 19.1 Å². The molecule has 0 aliphatic heterocycles.